The van der Waals surface area contributed by atoms with E-state index in [0.717, 1.165) is 40.1 Å². The van der Waals surface area contributed by atoms with E-state index in [0.29, 0.717) is 0 Å². The molecule has 1 heterocycles. The Morgan fingerprint density at radius 3 is 1.98 bits per heavy atom. The summed E-state index contributed by atoms with van der Waals surface area (Å²) >= 11 is 3.91. The van der Waals surface area contributed by atoms with Gasteiger partial charge in [-0.3, -0.25) is 0 Å². The average Bonchev–Trinajstić information content (AvgIpc) is 3.44. The van der Waals surface area contributed by atoms with Crippen LogP contribution in [0.3, 0.4) is 0 Å². The van der Waals surface area contributed by atoms with Gasteiger partial charge in [-0.2, -0.15) is 0 Å². The Labute approximate surface area is 272 Å². The minimum absolute atomic E-state index is 1.03. The summed E-state index contributed by atoms with van der Waals surface area (Å²) in [5, 5.41) is 1.34. The number of allylic oxidation sites excluding steroid dienone is 1. The number of hydrogen-bond acceptors (Lipinski definition) is 1. The Balaban J connectivity index is 1.31. The molecule has 1 aromatic heterocycles. The number of hydrogen-bond donors (Lipinski definition) is 0. The van der Waals surface area contributed by atoms with Crippen LogP contribution < -0.4 is 4.90 Å². The van der Waals surface area contributed by atoms with E-state index in [1.807, 2.05) is 0 Å². The Morgan fingerprint density at radius 1 is 0.533 bits per heavy atom. The second-order valence-electron chi connectivity index (χ2n) is 11.5. The van der Waals surface area contributed by atoms with Crippen LogP contribution in [0.2, 0.25) is 0 Å². The molecule has 0 unspecified atom stereocenters. The minimum atomic E-state index is 1.03. The fraction of sp³-hybridized carbons (Fsp3) is 0.0476. The van der Waals surface area contributed by atoms with Crippen LogP contribution in [0.5, 0.6) is 0 Å². The summed E-state index contributed by atoms with van der Waals surface area (Å²) in [6.45, 7) is 0. The van der Waals surface area contributed by atoms with Gasteiger partial charge in [0.2, 0.25) is 0 Å². The van der Waals surface area contributed by atoms with E-state index in [1.165, 1.54) is 44.4 Å². The highest BCUT2D eigenvalue weighted by Gasteiger charge is 2.21. The lowest BCUT2D eigenvalue weighted by Gasteiger charge is -2.27. The third-order valence-corrected chi connectivity index (χ3v) is 9.14. The van der Waals surface area contributed by atoms with Crippen LogP contribution in [0.1, 0.15) is 17.7 Å². The Hall–Kier alpha value is -5.12. The fourth-order valence-electron chi connectivity index (χ4n) is 6.62. The van der Waals surface area contributed by atoms with Crippen molar-refractivity contribution in [3.8, 4) is 27.9 Å². The molecule has 7 aromatic rings. The summed E-state index contributed by atoms with van der Waals surface area (Å²) in [5.74, 6) is 0. The number of aromatic nitrogens is 1. The number of benzene rings is 6. The molecule has 3 heteroatoms. The topological polar surface area (TPSA) is 8.17 Å². The van der Waals surface area contributed by atoms with Gasteiger partial charge in [-0.15, -0.1) is 0 Å². The maximum atomic E-state index is 3.91. The van der Waals surface area contributed by atoms with E-state index in [-0.39, 0.29) is 0 Å². The van der Waals surface area contributed by atoms with Gasteiger partial charge in [-0.05, 0) is 95.3 Å². The van der Waals surface area contributed by atoms with E-state index in [4.69, 9.17) is 0 Å². The van der Waals surface area contributed by atoms with Gasteiger partial charge in [0, 0.05) is 38.3 Å². The number of halogens is 1. The zero-order chi connectivity index (χ0) is 30.2. The zero-order valence-corrected chi connectivity index (χ0v) is 26.4. The van der Waals surface area contributed by atoms with Crippen LogP contribution >= 0.6 is 15.9 Å². The molecular weight excluding hydrogens is 612 g/mol. The summed E-state index contributed by atoms with van der Waals surface area (Å²) < 4.78 is 3.46. The number of para-hydroxylation sites is 1. The number of nitrogens with zero attached hydrogens (tertiary/aromatic N) is 2. The van der Waals surface area contributed by atoms with Crippen LogP contribution in [0, 0.1) is 0 Å². The molecule has 216 valence electrons. The van der Waals surface area contributed by atoms with Crippen molar-refractivity contribution in [2.24, 2.45) is 0 Å². The van der Waals surface area contributed by atoms with Crippen molar-refractivity contribution >= 4 is 50.0 Å². The van der Waals surface area contributed by atoms with Crippen molar-refractivity contribution in [1.29, 1.82) is 0 Å². The zero-order valence-electron chi connectivity index (χ0n) is 24.8. The van der Waals surface area contributed by atoms with Crippen molar-refractivity contribution in [1.82, 2.24) is 4.57 Å². The molecule has 1 aliphatic carbocycles. The SMILES string of the molecule is Brc1cc(N(c2ccc(-c3ccccc3)cc2)c2cccc(-c3ccccc3)c2)cc(-n2c3c(c4ccccc42)CCC=C3)c1. The third-order valence-electron chi connectivity index (χ3n) is 8.68. The monoisotopic (exact) mass is 642 g/mol. The van der Waals surface area contributed by atoms with Gasteiger partial charge in [0.1, 0.15) is 0 Å². The number of aryl methyl sites for hydroxylation is 1. The first kappa shape index (κ1) is 27.4. The van der Waals surface area contributed by atoms with E-state index in [9.17, 15) is 0 Å². The van der Waals surface area contributed by atoms with Gasteiger partial charge in [-0.25, -0.2) is 0 Å². The summed E-state index contributed by atoms with van der Waals surface area (Å²) in [6, 6.07) is 54.5. The highest BCUT2D eigenvalue weighted by molar-refractivity contribution is 9.10. The summed E-state index contributed by atoms with van der Waals surface area (Å²) in [5.41, 5.74) is 13.2. The highest BCUT2D eigenvalue weighted by atomic mass is 79.9. The predicted octanol–water partition coefficient (Wildman–Crippen LogP) is 12.2. The normalized spacial score (nSPS) is 12.3. The molecule has 0 aliphatic heterocycles. The molecule has 0 saturated carbocycles. The van der Waals surface area contributed by atoms with Gasteiger partial charge in [0.15, 0.2) is 0 Å². The van der Waals surface area contributed by atoms with E-state index in [1.54, 1.807) is 0 Å². The molecule has 8 rings (SSSR count). The van der Waals surface area contributed by atoms with Gasteiger partial charge >= 0.3 is 0 Å². The maximum absolute atomic E-state index is 3.91. The standard InChI is InChI=1S/C42H31BrN2/c43-34-27-37(29-38(28-34)45-41-20-9-7-18-39(41)40-19-8-10-21-42(40)45)44(35-24-22-32(23-25-35)30-12-3-1-4-13-30)36-17-11-16-33(26-36)31-14-5-2-6-15-31/h1-7,9-18,20-29H,8,19H2. The lowest BCUT2D eigenvalue weighted by atomic mass is 10.0. The number of rotatable bonds is 6. The van der Waals surface area contributed by atoms with Crippen LogP contribution in [-0.2, 0) is 6.42 Å². The number of fused-ring (bicyclic) bond motifs is 3. The van der Waals surface area contributed by atoms with Crippen molar-refractivity contribution in [3.63, 3.8) is 0 Å². The Bertz CT molecular complexity index is 2160. The van der Waals surface area contributed by atoms with Crippen molar-refractivity contribution in [2.45, 2.75) is 12.8 Å². The van der Waals surface area contributed by atoms with Crippen LogP contribution in [0.15, 0.2) is 162 Å². The van der Waals surface area contributed by atoms with Crippen LogP contribution in [0.25, 0.3) is 44.9 Å². The quantitative estimate of drug-likeness (QED) is 0.175. The molecule has 6 aromatic carbocycles. The van der Waals surface area contributed by atoms with Gasteiger partial charge in [0.05, 0.1) is 5.52 Å². The Morgan fingerprint density at radius 2 is 1.20 bits per heavy atom. The highest BCUT2D eigenvalue weighted by Crippen LogP contribution is 2.41. The summed E-state index contributed by atoms with van der Waals surface area (Å²) in [7, 11) is 0. The van der Waals surface area contributed by atoms with Gasteiger partial charge in [-0.1, -0.05) is 125 Å². The van der Waals surface area contributed by atoms with Crippen LogP contribution in [-0.4, -0.2) is 4.57 Å². The lowest BCUT2D eigenvalue weighted by Crippen LogP contribution is -2.11. The molecule has 0 bridgehead atoms. The van der Waals surface area contributed by atoms with E-state index >= 15 is 0 Å². The molecule has 0 fully saturated rings. The third kappa shape index (κ3) is 5.20. The van der Waals surface area contributed by atoms with Gasteiger partial charge < -0.3 is 9.47 Å². The second kappa shape index (κ2) is 11.8. The molecule has 0 radical (unpaired) electrons. The lowest BCUT2D eigenvalue weighted by molar-refractivity contribution is 0.967. The predicted molar refractivity (Wildman–Crippen MR) is 194 cm³/mol. The first-order valence-corrected chi connectivity index (χ1v) is 16.2. The molecule has 0 spiro atoms. The average molecular weight is 644 g/mol. The molecular formula is C42H31BrN2. The van der Waals surface area contributed by atoms with Crippen LogP contribution in [0.4, 0.5) is 17.1 Å². The molecule has 2 nitrogen and oxygen atoms in total. The van der Waals surface area contributed by atoms with Crippen molar-refractivity contribution < 1.29 is 0 Å². The molecule has 0 atom stereocenters. The second-order valence-corrected chi connectivity index (χ2v) is 12.4. The first-order chi connectivity index (χ1) is 22.2. The minimum Gasteiger partial charge on any atom is -0.310 e. The smallest absolute Gasteiger partial charge is 0.0537 e. The first-order valence-electron chi connectivity index (χ1n) is 15.4. The molecule has 0 N–H and O–H groups in total. The Kier molecular flexibility index (Phi) is 7.17. The largest absolute Gasteiger partial charge is 0.310 e. The van der Waals surface area contributed by atoms with E-state index in [2.05, 4.69) is 189 Å². The molecule has 45 heavy (non-hydrogen) atoms. The maximum Gasteiger partial charge on any atom is 0.0537 e. The van der Waals surface area contributed by atoms with Crippen molar-refractivity contribution in [2.75, 3.05) is 4.90 Å². The summed E-state index contributed by atoms with van der Waals surface area (Å²) in [6.07, 6.45) is 6.73. The summed E-state index contributed by atoms with van der Waals surface area (Å²) in [4.78, 5) is 2.36. The molecule has 0 saturated heterocycles. The van der Waals surface area contributed by atoms with Crippen molar-refractivity contribution in [3.05, 3.63) is 173 Å². The molecule has 0 amide bonds. The fourth-order valence-corrected chi connectivity index (χ4v) is 7.09. The molecule has 1 aliphatic rings. The van der Waals surface area contributed by atoms with E-state index < -0.39 is 0 Å². The van der Waals surface area contributed by atoms with Gasteiger partial charge in [0.25, 0.3) is 0 Å². The number of anilines is 3.